The van der Waals surface area contributed by atoms with Crippen LogP contribution in [0, 0.1) is 6.92 Å². The van der Waals surface area contributed by atoms with Gasteiger partial charge < -0.3 is 9.67 Å². The molecule has 0 bridgehead atoms. The van der Waals surface area contributed by atoms with Crippen molar-refractivity contribution < 1.29 is 5.11 Å². The van der Waals surface area contributed by atoms with E-state index in [9.17, 15) is 9.90 Å². The van der Waals surface area contributed by atoms with Gasteiger partial charge in [-0.05, 0) is 30.7 Å². The molecule has 3 aromatic rings. The maximum absolute atomic E-state index is 12.4. The molecule has 1 N–H and O–H groups in total. The van der Waals surface area contributed by atoms with E-state index < -0.39 is 0 Å². The molecule has 0 radical (unpaired) electrons. The van der Waals surface area contributed by atoms with E-state index in [1.165, 1.54) is 0 Å². The zero-order chi connectivity index (χ0) is 14.6. The standard InChI is InChI=1S/C17H14N2O2/c1-10-13(9-20)7-15-16-12(8-19(15)17(10)21)6-11-4-2-3-5-14(11)18-16/h2-7,20H,8-9H2,1H3. The average Bonchev–Trinajstić information content (AvgIpc) is 2.86. The van der Waals surface area contributed by atoms with E-state index >= 15 is 0 Å². The SMILES string of the molecule is Cc1c(CO)cc2n(c1=O)Cc1cc3ccccc3nc1-2. The number of pyridine rings is 2. The van der Waals surface area contributed by atoms with Crippen molar-refractivity contribution in [3.8, 4) is 11.4 Å². The van der Waals surface area contributed by atoms with Crippen LogP contribution in [-0.4, -0.2) is 14.7 Å². The van der Waals surface area contributed by atoms with E-state index in [1.54, 1.807) is 11.5 Å². The fourth-order valence-electron chi connectivity index (χ4n) is 2.99. The topological polar surface area (TPSA) is 55.1 Å². The zero-order valence-electron chi connectivity index (χ0n) is 11.6. The van der Waals surface area contributed by atoms with E-state index in [2.05, 4.69) is 6.07 Å². The molecule has 21 heavy (non-hydrogen) atoms. The fourth-order valence-corrected chi connectivity index (χ4v) is 2.99. The van der Waals surface area contributed by atoms with Crippen molar-refractivity contribution in [3.05, 3.63) is 63.4 Å². The predicted molar refractivity (Wildman–Crippen MR) is 81.2 cm³/mol. The summed E-state index contributed by atoms with van der Waals surface area (Å²) < 4.78 is 1.74. The van der Waals surface area contributed by atoms with E-state index in [-0.39, 0.29) is 12.2 Å². The molecule has 104 valence electrons. The van der Waals surface area contributed by atoms with Crippen LogP contribution in [0.2, 0.25) is 0 Å². The van der Waals surface area contributed by atoms with Gasteiger partial charge >= 0.3 is 0 Å². The molecule has 2 aromatic heterocycles. The minimum atomic E-state index is -0.127. The Bertz CT molecular complexity index is 941. The van der Waals surface area contributed by atoms with E-state index in [0.29, 0.717) is 17.7 Å². The Morgan fingerprint density at radius 1 is 1.29 bits per heavy atom. The lowest BCUT2D eigenvalue weighted by atomic mass is 10.1. The maximum atomic E-state index is 12.4. The van der Waals surface area contributed by atoms with Gasteiger partial charge in [0.1, 0.15) is 0 Å². The second-order valence-corrected chi connectivity index (χ2v) is 5.42. The van der Waals surface area contributed by atoms with Gasteiger partial charge in [-0.3, -0.25) is 4.79 Å². The molecule has 0 amide bonds. The Labute approximate surface area is 121 Å². The molecule has 1 aliphatic rings. The van der Waals surface area contributed by atoms with Crippen LogP contribution < -0.4 is 5.56 Å². The first-order chi connectivity index (χ1) is 10.2. The molecule has 0 unspecified atom stereocenters. The van der Waals surface area contributed by atoms with Crippen LogP contribution in [0.15, 0.2) is 41.2 Å². The number of aliphatic hydroxyl groups is 1. The first kappa shape index (κ1) is 12.3. The Morgan fingerprint density at radius 2 is 2.10 bits per heavy atom. The second kappa shape index (κ2) is 4.27. The number of hydrogen-bond acceptors (Lipinski definition) is 3. The third-order valence-electron chi connectivity index (χ3n) is 4.19. The van der Waals surface area contributed by atoms with Crippen molar-refractivity contribution in [2.45, 2.75) is 20.1 Å². The number of para-hydroxylation sites is 1. The Balaban J connectivity index is 2.05. The second-order valence-electron chi connectivity index (χ2n) is 5.42. The largest absolute Gasteiger partial charge is 0.392 e. The highest BCUT2D eigenvalue weighted by Crippen LogP contribution is 2.32. The maximum Gasteiger partial charge on any atom is 0.254 e. The van der Waals surface area contributed by atoms with Gasteiger partial charge in [-0.15, -0.1) is 0 Å². The van der Waals surface area contributed by atoms with Gasteiger partial charge in [-0.25, -0.2) is 4.98 Å². The normalized spacial score (nSPS) is 12.5. The summed E-state index contributed by atoms with van der Waals surface area (Å²) in [6, 6.07) is 11.9. The van der Waals surface area contributed by atoms with Crippen molar-refractivity contribution in [1.29, 1.82) is 0 Å². The van der Waals surface area contributed by atoms with Gasteiger partial charge in [0.05, 0.1) is 30.1 Å². The molecular weight excluding hydrogens is 264 g/mol. The minimum Gasteiger partial charge on any atom is -0.392 e. The van der Waals surface area contributed by atoms with Crippen molar-refractivity contribution in [2.75, 3.05) is 0 Å². The summed E-state index contributed by atoms with van der Waals surface area (Å²) in [4.78, 5) is 17.1. The van der Waals surface area contributed by atoms with Crippen molar-refractivity contribution in [3.63, 3.8) is 0 Å². The molecule has 0 atom stereocenters. The third-order valence-corrected chi connectivity index (χ3v) is 4.19. The molecule has 4 rings (SSSR count). The zero-order valence-corrected chi connectivity index (χ0v) is 11.6. The summed E-state index contributed by atoms with van der Waals surface area (Å²) in [5.74, 6) is 0. The van der Waals surface area contributed by atoms with Crippen LogP contribution in [0.3, 0.4) is 0 Å². The molecule has 0 aliphatic carbocycles. The number of hydrogen-bond donors (Lipinski definition) is 1. The van der Waals surface area contributed by atoms with E-state index in [0.717, 1.165) is 27.9 Å². The highest BCUT2D eigenvalue weighted by atomic mass is 16.3. The Hall–Kier alpha value is -2.46. The number of aliphatic hydroxyl groups excluding tert-OH is 1. The van der Waals surface area contributed by atoms with Gasteiger partial charge in [0.2, 0.25) is 0 Å². The van der Waals surface area contributed by atoms with Crippen LogP contribution in [0.5, 0.6) is 0 Å². The molecule has 4 heteroatoms. The van der Waals surface area contributed by atoms with Gasteiger partial charge in [0.25, 0.3) is 5.56 Å². The first-order valence-electron chi connectivity index (χ1n) is 6.92. The van der Waals surface area contributed by atoms with Crippen LogP contribution in [-0.2, 0) is 13.2 Å². The lowest BCUT2D eigenvalue weighted by Gasteiger charge is -2.08. The monoisotopic (exact) mass is 278 g/mol. The summed E-state index contributed by atoms with van der Waals surface area (Å²) in [6.45, 7) is 2.18. The van der Waals surface area contributed by atoms with Crippen LogP contribution in [0.25, 0.3) is 22.3 Å². The highest BCUT2D eigenvalue weighted by molar-refractivity contribution is 5.83. The molecule has 4 nitrogen and oxygen atoms in total. The molecule has 0 saturated carbocycles. The van der Waals surface area contributed by atoms with Crippen LogP contribution in [0.1, 0.15) is 16.7 Å². The molecule has 0 spiro atoms. The van der Waals surface area contributed by atoms with Crippen molar-refractivity contribution in [1.82, 2.24) is 9.55 Å². The summed E-state index contributed by atoms with van der Waals surface area (Å²) in [5.41, 5.74) is 4.87. The van der Waals surface area contributed by atoms with Gasteiger partial charge in [0, 0.05) is 16.5 Å². The Kier molecular flexibility index (Phi) is 2.50. The highest BCUT2D eigenvalue weighted by Gasteiger charge is 2.23. The quantitative estimate of drug-likeness (QED) is 0.581. The molecule has 1 aliphatic heterocycles. The fraction of sp³-hybridized carbons (Fsp3) is 0.176. The van der Waals surface area contributed by atoms with Crippen LogP contribution in [0.4, 0.5) is 0 Å². The molecule has 0 fully saturated rings. The lowest BCUT2D eigenvalue weighted by Crippen LogP contribution is -2.22. The number of nitrogens with zero attached hydrogens (tertiary/aromatic N) is 2. The average molecular weight is 278 g/mol. The smallest absolute Gasteiger partial charge is 0.254 e. The molecule has 3 heterocycles. The number of aromatic nitrogens is 2. The third kappa shape index (κ3) is 1.66. The van der Waals surface area contributed by atoms with Gasteiger partial charge in [-0.2, -0.15) is 0 Å². The van der Waals surface area contributed by atoms with Crippen molar-refractivity contribution >= 4 is 10.9 Å². The Morgan fingerprint density at radius 3 is 2.90 bits per heavy atom. The summed E-state index contributed by atoms with van der Waals surface area (Å²) in [7, 11) is 0. The van der Waals surface area contributed by atoms with Crippen molar-refractivity contribution in [2.24, 2.45) is 0 Å². The number of benzene rings is 1. The van der Waals surface area contributed by atoms with Gasteiger partial charge in [-0.1, -0.05) is 18.2 Å². The lowest BCUT2D eigenvalue weighted by molar-refractivity contribution is 0.280. The van der Waals surface area contributed by atoms with E-state index in [1.807, 2.05) is 30.3 Å². The minimum absolute atomic E-state index is 0.0430. The molecule has 0 saturated heterocycles. The summed E-state index contributed by atoms with van der Waals surface area (Å²) in [6.07, 6.45) is 0. The van der Waals surface area contributed by atoms with E-state index in [4.69, 9.17) is 4.98 Å². The molecular formula is C17H14N2O2. The first-order valence-corrected chi connectivity index (χ1v) is 6.92. The number of fused-ring (bicyclic) bond motifs is 4. The van der Waals surface area contributed by atoms with Crippen LogP contribution >= 0.6 is 0 Å². The number of rotatable bonds is 1. The predicted octanol–water partition coefficient (Wildman–Crippen LogP) is 2.23. The summed E-state index contributed by atoms with van der Waals surface area (Å²) in [5, 5.41) is 10.5. The van der Waals surface area contributed by atoms with Gasteiger partial charge in [0.15, 0.2) is 0 Å². The summed E-state index contributed by atoms with van der Waals surface area (Å²) >= 11 is 0. The molecule has 1 aromatic carbocycles.